The van der Waals surface area contributed by atoms with Crippen LogP contribution in [0.25, 0.3) is 0 Å². The van der Waals surface area contributed by atoms with Crippen LogP contribution in [0, 0.1) is 0 Å². The van der Waals surface area contributed by atoms with Gasteiger partial charge in [0.25, 0.3) is 0 Å². The van der Waals surface area contributed by atoms with E-state index in [4.69, 9.17) is 4.74 Å². The van der Waals surface area contributed by atoms with Crippen molar-refractivity contribution in [1.29, 1.82) is 0 Å². The van der Waals surface area contributed by atoms with Crippen LogP contribution < -0.4 is 0 Å². The Morgan fingerprint density at radius 2 is 2.15 bits per heavy atom. The van der Waals surface area contributed by atoms with Gasteiger partial charge in [-0.25, -0.2) is 0 Å². The number of nitrogens with zero attached hydrogens (tertiary/aromatic N) is 1. The number of carbonyl (C=O) groups is 1. The summed E-state index contributed by atoms with van der Waals surface area (Å²) in [5.41, 5.74) is 0. The highest BCUT2D eigenvalue weighted by atomic mass is 19.4. The first-order chi connectivity index (χ1) is 5.91. The predicted molar refractivity (Wildman–Crippen MR) is 38.0 cm³/mol. The number of rotatable bonds is 0. The molecule has 6 heteroatoms. The van der Waals surface area contributed by atoms with Gasteiger partial charge in [0.15, 0.2) is 0 Å². The Balaban J connectivity index is 2.56. The molecular formula is C7H10F3NO2. The van der Waals surface area contributed by atoms with Gasteiger partial charge in [0, 0.05) is 13.1 Å². The Labute approximate surface area is 73.5 Å². The highest BCUT2D eigenvalue weighted by Gasteiger charge is 2.43. The van der Waals surface area contributed by atoms with Crippen LogP contribution in [0.15, 0.2) is 0 Å². The summed E-state index contributed by atoms with van der Waals surface area (Å²) in [6.45, 7) is 1.83. The van der Waals surface area contributed by atoms with Crippen LogP contribution in [0.2, 0.25) is 0 Å². The van der Waals surface area contributed by atoms with Crippen molar-refractivity contribution in [2.24, 2.45) is 0 Å². The van der Waals surface area contributed by atoms with Gasteiger partial charge in [0.2, 0.25) is 0 Å². The molecular weight excluding hydrogens is 187 g/mol. The Kier molecular flexibility index (Phi) is 2.80. The fraction of sp³-hybridized carbons (Fsp3) is 0.857. The summed E-state index contributed by atoms with van der Waals surface area (Å²) < 4.78 is 40.8. The summed E-state index contributed by atoms with van der Waals surface area (Å²) in [7, 11) is 0. The van der Waals surface area contributed by atoms with Crippen molar-refractivity contribution in [2.45, 2.75) is 19.2 Å². The van der Waals surface area contributed by atoms with E-state index in [0.717, 1.165) is 4.90 Å². The largest absolute Gasteiger partial charge is 0.471 e. The smallest absolute Gasteiger partial charge is 0.375 e. The molecule has 1 aliphatic heterocycles. The summed E-state index contributed by atoms with van der Waals surface area (Å²) in [6, 6.07) is 0. The van der Waals surface area contributed by atoms with Crippen LogP contribution >= 0.6 is 0 Å². The topological polar surface area (TPSA) is 29.5 Å². The van der Waals surface area contributed by atoms with Gasteiger partial charge in [-0.2, -0.15) is 13.2 Å². The average molecular weight is 197 g/mol. The molecule has 3 nitrogen and oxygen atoms in total. The van der Waals surface area contributed by atoms with Gasteiger partial charge < -0.3 is 9.64 Å². The van der Waals surface area contributed by atoms with Crippen molar-refractivity contribution in [1.82, 2.24) is 4.90 Å². The molecule has 1 aliphatic rings. The number of amides is 1. The molecule has 0 aromatic heterocycles. The van der Waals surface area contributed by atoms with Crippen molar-refractivity contribution in [3.05, 3.63) is 0 Å². The third-order valence-electron chi connectivity index (χ3n) is 1.77. The fourth-order valence-electron chi connectivity index (χ4n) is 1.18. The number of ether oxygens (including phenoxy) is 1. The summed E-state index contributed by atoms with van der Waals surface area (Å²) in [6.07, 6.45) is -5.09. The molecule has 13 heavy (non-hydrogen) atoms. The van der Waals surface area contributed by atoms with Crippen molar-refractivity contribution in [3.8, 4) is 0 Å². The van der Waals surface area contributed by atoms with Gasteiger partial charge >= 0.3 is 12.1 Å². The lowest BCUT2D eigenvalue weighted by Gasteiger charge is -2.31. The molecule has 0 saturated carbocycles. The number of alkyl halides is 3. The molecule has 76 valence electrons. The standard InChI is InChI=1S/C7H10F3NO2/c1-5-4-11(2-3-13-5)6(12)7(8,9)10/h5H,2-4H2,1H3/t5-/m0/s1. The summed E-state index contributed by atoms with van der Waals surface area (Å²) in [5.74, 6) is -1.78. The minimum absolute atomic E-state index is 0.0122. The number of carbonyl (C=O) groups excluding carboxylic acids is 1. The first kappa shape index (κ1) is 10.3. The molecule has 1 atom stereocenters. The maximum Gasteiger partial charge on any atom is 0.471 e. The molecule has 0 aromatic carbocycles. The minimum atomic E-state index is -4.77. The Morgan fingerprint density at radius 3 is 2.62 bits per heavy atom. The molecule has 0 aromatic rings. The van der Waals surface area contributed by atoms with Gasteiger partial charge in [-0.3, -0.25) is 4.79 Å². The molecule has 1 fully saturated rings. The minimum Gasteiger partial charge on any atom is -0.375 e. The number of halogens is 3. The zero-order chi connectivity index (χ0) is 10.1. The molecule has 1 rings (SSSR count). The van der Waals surface area contributed by atoms with E-state index in [-0.39, 0.29) is 25.8 Å². The first-order valence-corrected chi connectivity index (χ1v) is 3.89. The second-order valence-corrected chi connectivity index (χ2v) is 2.93. The summed E-state index contributed by atoms with van der Waals surface area (Å²) in [5, 5.41) is 0. The van der Waals surface area contributed by atoms with Crippen LogP contribution in [0.3, 0.4) is 0 Å². The van der Waals surface area contributed by atoms with E-state index >= 15 is 0 Å². The van der Waals surface area contributed by atoms with Crippen LogP contribution in [0.4, 0.5) is 13.2 Å². The molecule has 0 N–H and O–H groups in total. The Morgan fingerprint density at radius 1 is 1.54 bits per heavy atom. The van der Waals surface area contributed by atoms with E-state index in [9.17, 15) is 18.0 Å². The van der Waals surface area contributed by atoms with Gasteiger partial charge in [0.05, 0.1) is 12.7 Å². The molecule has 1 saturated heterocycles. The Bertz CT molecular complexity index is 204. The normalized spacial score (nSPS) is 24.6. The van der Waals surface area contributed by atoms with Crippen molar-refractivity contribution in [3.63, 3.8) is 0 Å². The van der Waals surface area contributed by atoms with E-state index in [2.05, 4.69) is 0 Å². The van der Waals surface area contributed by atoms with Crippen LogP contribution in [0.5, 0.6) is 0 Å². The van der Waals surface area contributed by atoms with Gasteiger partial charge in [-0.1, -0.05) is 0 Å². The van der Waals surface area contributed by atoms with Gasteiger partial charge in [-0.05, 0) is 6.92 Å². The summed E-state index contributed by atoms with van der Waals surface area (Å²) in [4.78, 5) is 11.5. The molecule has 0 spiro atoms. The summed E-state index contributed by atoms with van der Waals surface area (Å²) >= 11 is 0. The molecule has 1 heterocycles. The van der Waals surface area contributed by atoms with Crippen molar-refractivity contribution < 1.29 is 22.7 Å². The zero-order valence-electron chi connectivity index (χ0n) is 7.10. The number of morpholine rings is 1. The van der Waals surface area contributed by atoms with E-state index in [1.54, 1.807) is 6.92 Å². The SMILES string of the molecule is C[C@H]1CN(C(=O)C(F)(F)F)CCO1. The van der Waals surface area contributed by atoms with E-state index < -0.39 is 12.1 Å². The molecule has 0 unspecified atom stereocenters. The lowest BCUT2D eigenvalue weighted by Crippen LogP contribution is -2.49. The lowest BCUT2D eigenvalue weighted by molar-refractivity contribution is -0.190. The number of hydrogen-bond donors (Lipinski definition) is 0. The maximum atomic E-state index is 11.9. The molecule has 0 aliphatic carbocycles. The molecule has 0 bridgehead atoms. The quantitative estimate of drug-likeness (QED) is 0.574. The highest BCUT2D eigenvalue weighted by molar-refractivity contribution is 5.81. The van der Waals surface area contributed by atoms with Crippen molar-refractivity contribution in [2.75, 3.05) is 19.7 Å². The average Bonchev–Trinajstić information content (AvgIpc) is 2.01. The van der Waals surface area contributed by atoms with Gasteiger partial charge in [0.1, 0.15) is 0 Å². The monoisotopic (exact) mass is 197 g/mol. The lowest BCUT2D eigenvalue weighted by atomic mass is 10.3. The predicted octanol–water partition coefficient (Wildman–Crippen LogP) is 0.796. The first-order valence-electron chi connectivity index (χ1n) is 3.89. The Hall–Kier alpha value is -0.780. The van der Waals surface area contributed by atoms with Crippen molar-refractivity contribution >= 4 is 5.91 Å². The zero-order valence-corrected chi connectivity index (χ0v) is 7.10. The van der Waals surface area contributed by atoms with Crippen LogP contribution in [-0.4, -0.2) is 42.8 Å². The van der Waals surface area contributed by atoms with E-state index in [0.29, 0.717) is 0 Å². The fourth-order valence-corrected chi connectivity index (χ4v) is 1.18. The second-order valence-electron chi connectivity index (χ2n) is 2.93. The molecule has 1 amide bonds. The van der Waals surface area contributed by atoms with Crippen LogP contribution in [0.1, 0.15) is 6.92 Å². The molecule has 0 radical (unpaired) electrons. The number of hydrogen-bond acceptors (Lipinski definition) is 2. The van der Waals surface area contributed by atoms with Crippen LogP contribution in [-0.2, 0) is 9.53 Å². The second kappa shape index (κ2) is 3.53. The highest BCUT2D eigenvalue weighted by Crippen LogP contribution is 2.19. The van der Waals surface area contributed by atoms with Gasteiger partial charge in [-0.15, -0.1) is 0 Å². The third-order valence-corrected chi connectivity index (χ3v) is 1.77. The van der Waals surface area contributed by atoms with E-state index in [1.807, 2.05) is 0 Å². The van der Waals surface area contributed by atoms with E-state index in [1.165, 1.54) is 0 Å². The maximum absolute atomic E-state index is 11.9. The third kappa shape index (κ3) is 2.58.